The maximum absolute atomic E-state index is 13.0. The number of carbonyl (C=O) groups is 1. The van der Waals surface area contributed by atoms with Crippen LogP contribution in [0.25, 0.3) is 11.3 Å². The molecule has 0 bridgehead atoms. The molecule has 1 heterocycles. The lowest BCUT2D eigenvalue weighted by atomic mass is 10.1. The predicted molar refractivity (Wildman–Crippen MR) is 94.2 cm³/mol. The van der Waals surface area contributed by atoms with Gasteiger partial charge >= 0.3 is 0 Å². The van der Waals surface area contributed by atoms with Crippen molar-refractivity contribution in [2.45, 2.75) is 19.9 Å². The van der Waals surface area contributed by atoms with Crippen LogP contribution >= 0.6 is 11.3 Å². The average molecular weight is 340 g/mol. The van der Waals surface area contributed by atoms with Crippen molar-refractivity contribution < 1.29 is 9.18 Å². The number of aryl methyl sites for hydroxylation is 1. The molecule has 0 saturated carbocycles. The van der Waals surface area contributed by atoms with Crippen LogP contribution in [0.15, 0.2) is 54.6 Å². The molecule has 3 rings (SSSR count). The fraction of sp³-hybridized carbons (Fsp3) is 0.158. The highest BCUT2D eigenvalue weighted by Gasteiger charge is 2.13. The number of benzene rings is 2. The summed E-state index contributed by atoms with van der Waals surface area (Å²) in [7, 11) is 0. The topological polar surface area (TPSA) is 42.0 Å². The highest BCUT2D eigenvalue weighted by atomic mass is 32.1. The van der Waals surface area contributed by atoms with Crippen LogP contribution in [0.2, 0.25) is 0 Å². The van der Waals surface area contributed by atoms with Gasteiger partial charge in [0.2, 0.25) is 5.91 Å². The molecule has 0 unspecified atom stereocenters. The molecule has 0 atom stereocenters. The fourth-order valence-corrected chi connectivity index (χ4v) is 3.35. The number of amides is 1. The van der Waals surface area contributed by atoms with E-state index in [0.717, 1.165) is 26.7 Å². The first-order valence-electron chi connectivity index (χ1n) is 7.64. The van der Waals surface area contributed by atoms with Crippen molar-refractivity contribution in [1.82, 2.24) is 10.3 Å². The van der Waals surface area contributed by atoms with E-state index >= 15 is 0 Å². The molecule has 1 N–H and O–H groups in total. The third kappa shape index (κ3) is 4.06. The van der Waals surface area contributed by atoms with E-state index in [4.69, 9.17) is 0 Å². The van der Waals surface area contributed by atoms with E-state index in [1.165, 1.54) is 23.5 Å². The van der Waals surface area contributed by atoms with E-state index in [1.807, 2.05) is 37.3 Å². The third-order valence-electron chi connectivity index (χ3n) is 3.60. The van der Waals surface area contributed by atoms with Gasteiger partial charge in [-0.2, -0.15) is 0 Å². The molecule has 0 aliphatic rings. The maximum atomic E-state index is 13.0. The molecule has 0 fully saturated rings. The van der Waals surface area contributed by atoms with Gasteiger partial charge in [0.15, 0.2) is 0 Å². The normalized spacial score (nSPS) is 10.6. The van der Waals surface area contributed by atoms with E-state index in [-0.39, 0.29) is 18.1 Å². The predicted octanol–water partition coefficient (Wildman–Crippen LogP) is 4.12. The second-order valence-corrected chi connectivity index (χ2v) is 6.75. The number of nitrogens with one attached hydrogen (secondary N) is 1. The smallest absolute Gasteiger partial charge is 0.227 e. The van der Waals surface area contributed by atoms with E-state index in [0.29, 0.717) is 6.54 Å². The van der Waals surface area contributed by atoms with Crippen molar-refractivity contribution in [1.29, 1.82) is 0 Å². The number of hydrogen-bond donors (Lipinski definition) is 1. The summed E-state index contributed by atoms with van der Waals surface area (Å²) >= 11 is 1.50. The summed E-state index contributed by atoms with van der Waals surface area (Å²) in [6.07, 6.45) is 0.250. The van der Waals surface area contributed by atoms with Crippen LogP contribution in [0.4, 0.5) is 4.39 Å². The molecule has 0 aliphatic heterocycles. The van der Waals surface area contributed by atoms with Gasteiger partial charge in [0.1, 0.15) is 10.8 Å². The molecule has 0 aliphatic carbocycles. The van der Waals surface area contributed by atoms with Crippen LogP contribution in [0.3, 0.4) is 0 Å². The number of hydrogen-bond acceptors (Lipinski definition) is 3. The number of aromatic nitrogens is 1. The highest BCUT2D eigenvalue weighted by molar-refractivity contribution is 7.12. The lowest BCUT2D eigenvalue weighted by Crippen LogP contribution is -2.24. The highest BCUT2D eigenvalue weighted by Crippen LogP contribution is 2.27. The molecule has 3 aromatic rings. The molecule has 3 nitrogen and oxygen atoms in total. The summed E-state index contributed by atoms with van der Waals surface area (Å²) in [5.74, 6) is -0.328. The zero-order valence-electron chi connectivity index (χ0n) is 13.3. The van der Waals surface area contributed by atoms with Crippen LogP contribution in [0.5, 0.6) is 0 Å². The number of nitrogens with zero attached hydrogens (tertiary/aromatic N) is 1. The molecule has 1 amide bonds. The van der Waals surface area contributed by atoms with Gasteiger partial charge in [-0.25, -0.2) is 9.37 Å². The van der Waals surface area contributed by atoms with Crippen LogP contribution in [0.1, 0.15) is 15.4 Å². The Hall–Kier alpha value is -2.53. The van der Waals surface area contributed by atoms with E-state index < -0.39 is 0 Å². The van der Waals surface area contributed by atoms with Gasteiger partial charge in [-0.05, 0) is 36.8 Å². The minimum absolute atomic E-state index is 0.0572. The molecule has 24 heavy (non-hydrogen) atoms. The van der Waals surface area contributed by atoms with Gasteiger partial charge in [0.25, 0.3) is 0 Å². The van der Waals surface area contributed by atoms with E-state index in [9.17, 15) is 9.18 Å². The maximum Gasteiger partial charge on any atom is 0.227 e. The summed E-state index contributed by atoms with van der Waals surface area (Å²) in [6, 6.07) is 16.0. The summed E-state index contributed by atoms with van der Waals surface area (Å²) in [5, 5.41) is 3.66. The van der Waals surface area contributed by atoms with Crippen molar-refractivity contribution in [3.8, 4) is 11.3 Å². The third-order valence-corrected chi connectivity index (χ3v) is 4.57. The molecule has 1 aromatic heterocycles. The number of halogens is 1. The molecule has 0 saturated heterocycles. The number of rotatable bonds is 5. The largest absolute Gasteiger partial charge is 0.352 e. The average Bonchev–Trinajstić information content (AvgIpc) is 2.95. The minimum atomic E-state index is -0.271. The Kier molecular flexibility index (Phi) is 5.01. The first-order chi connectivity index (χ1) is 11.6. The molecule has 0 spiro atoms. The zero-order valence-corrected chi connectivity index (χ0v) is 14.1. The van der Waals surface area contributed by atoms with Crippen LogP contribution in [0, 0.1) is 12.7 Å². The second-order valence-electron chi connectivity index (χ2n) is 5.46. The van der Waals surface area contributed by atoms with Gasteiger partial charge in [-0.15, -0.1) is 11.3 Å². The molecular weight excluding hydrogens is 323 g/mol. The van der Waals surface area contributed by atoms with Crippen molar-refractivity contribution in [3.05, 3.63) is 75.9 Å². The fourth-order valence-electron chi connectivity index (χ4n) is 2.40. The SMILES string of the molecule is Cc1sc(CC(=O)NCc2ccccc2)nc1-c1ccc(F)cc1. The summed E-state index contributed by atoms with van der Waals surface area (Å²) in [4.78, 5) is 17.7. The lowest BCUT2D eigenvalue weighted by Gasteiger charge is -2.03. The number of carbonyl (C=O) groups excluding carboxylic acids is 1. The van der Waals surface area contributed by atoms with Crippen molar-refractivity contribution in [2.24, 2.45) is 0 Å². The first kappa shape index (κ1) is 16.3. The molecule has 0 radical (unpaired) electrons. The van der Waals surface area contributed by atoms with Crippen LogP contribution in [-0.2, 0) is 17.8 Å². The molecule has 2 aromatic carbocycles. The van der Waals surface area contributed by atoms with Gasteiger partial charge in [-0.1, -0.05) is 30.3 Å². The Morgan fingerprint density at radius 1 is 1.12 bits per heavy atom. The van der Waals surface area contributed by atoms with Gasteiger partial charge in [-0.3, -0.25) is 4.79 Å². The Morgan fingerprint density at radius 3 is 2.54 bits per heavy atom. The standard InChI is InChI=1S/C19H17FN2OS/c1-13-19(15-7-9-16(20)10-8-15)22-18(24-13)11-17(23)21-12-14-5-3-2-4-6-14/h2-10H,11-12H2,1H3,(H,21,23). The van der Waals surface area contributed by atoms with E-state index in [2.05, 4.69) is 10.3 Å². The quantitative estimate of drug-likeness (QED) is 0.759. The van der Waals surface area contributed by atoms with Crippen molar-refractivity contribution >= 4 is 17.2 Å². The van der Waals surface area contributed by atoms with Crippen molar-refractivity contribution in [3.63, 3.8) is 0 Å². The summed E-state index contributed by atoms with van der Waals surface area (Å²) in [5.41, 5.74) is 2.74. The Bertz CT molecular complexity index is 828. The Balaban J connectivity index is 1.64. The van der Waals surface area contributed by atoms with Crippen LogP contribution in [-0.4, -0.2) is 10.9 Å². The monoisotopic (exact) mass is 340 g/mol. The Labute approximate surface area is 144 Å². The molecule has 5 heteroatoms. The molecular formula is C19H17FN2OS. The van der Waals surface area contributed by atoms with Gasteiger partial charge < -0.3 is 5.32 Å². The molecule has 122 valence electrons. The van der Waals surface area contributed by atoms with Gasteiger partial charge in [0, 0.05) is 17.0 Å². The zero-order chi connectivity index (χ0) is 16.9. The minimum Gasteiger partial charge on any atom is -0.352 e. The first-order valence-corrected chi connectivity index (χ1v) is 8.46. The number of thiazole rings is 1. The van der Waals surface area contributed by atoms with Crippen LogP contribution < -0.4 is 5.32 Å². The second kappa shape index (κ2) is 7.36. The van der Waals surface area contributed by atoms with Crippen molar-refractivity contribution in [2.75, 3.05) is 0 Å². The summed E-state index contributed by atoms with van der Waals surface area (Å²) in [6.45, 7) is 2.47. The summed E-state index contributed by atoms with van der Waals surface area (Å²) < 4.78 is 13.0. The Morgan fingerprint density at radius 2 is 1.83 bits per heavy atom. The lowest BCUT2D eigenvalue weighted by molar-refractivity contribution is -0.120. The van der Waals surface area contributed by atoms with E-state index in [1.54, 1.807) is 12.1 Å². The van der Waals surface area contributed by atoms with Gasteiger partial charge in [0.05, 0.1) is 12.1 Å².